The Morgan fingerprint density at radius 1 is 1.38 bits per heavy atom. The Kier molecular flexibility index (Phi) is 4.16. The van der Waals surface area contributed by atoms with Crippen molar-refractivity contribution in [3.63, 3.8) is 0 Å². The maximum absolute atomic E-state index is 5.48. The molecule has 0 bridgehead atoms. The fourth-order valence-corrected chi connectivity index (χ4v) is 3.61. The second kappa shape index (κ2) is 6.45. The van der Waals surface area contributed by atoms with E-state index in [9.17, 15) is 0 Å². The third-order valence-electron chi connectivity index (χ3n) is 4.27. The van der Waals surface area contributed by atoms with Crippen LogP contribution >= 0.6 is 11.3 Å². The van der Waals surface area contributed by atoms with E-state index in [1.165, 1.54) is 5.56 Å². The van der Waals surface area contributed by atoms with Gasteiger partial charge in [-0.25, -0.2) is 9.97 Å². The van der Waals surface area contributed by atoms with Crippen molar-refractivity contribution in [2.24, 2.45) is 0 Å². The molecule has 1 aliphatic heterocycles. The van der Waals surface area contributed by atoms with Crippen LogP contribution in [0.25, 0.3) is 10.6 Å². The van der Waals surface area contributed by atoms with Crippen molar-refractivity contribution < 1.29 is 4.52 Å². The Hall–Kier alpha value is -2.05. The second-order valence-electron chi connectivity index (χ2n) is 6.48. The zero-order chi connectivity index (χ0) is 16.5. The number of rotatable bonds is 4. The molecule has 0 saturated heterocycles. The first kappa shape index (κ1) is 15.5. The van der Waals surface area contributed by atoms with Crippen molar-refractivity contribution in [3.05, 3.63) is 52.6 Å². The molecule has 3 aromatic rings. The van der Waals surface area contributed by atoms with Gasteiger partial charge in [-0.05, 0) is 23.4 Å². The van der Waals surface area contributed by atoms with Gasteiger partial charge in [0.25, 0.3) is 0 Å². The van der Waals surface area contributed by atoms with Crippen LogP contribution in [0, 0.1) is 0 Å². The molecule has 24 heavy (non-hydrogen) atoms. The Morgan fingerprint density at radius 2 is 2.29 bits per heavy atom. The highest BCUT2D eigenvalue weighted by molar-refractivity contribution is 7.13. The minimum Gasteiger partial charge on any atom is -0.355 e. The Bertz CT molecular complexity index is 825. The van der Waals surface area contributed by atoms with Crippen LogP contribution in [0.5, 0.6) is 0 Å². The van der Waals surface area contributed by atoms with Gasteiger partial charge in [-0.1, -0.05) is 25.1 Å². The number of fused-ring (bicyclic) bond motifs is 1. The van der Waals surface area contributed by atoms with Gasteiger partial charge in [0, 0.05) is 37.8 Å². The van der Waals surface area contributed by atoms with E-state index in [-0.39, 0.29) is 0 Å². The summed E-state index contributed by atoms with van der Waals surface area (Å²) in [5, 5.41) is 6.27. The largest absolute Gasteiger partial charge is 0.355 e. The van der Waals surface area contributed by atoms with E-state index in [4.69, 9.17) is 9.51 Å². The third kappa shape index (κ3) is 3.12. The maximum Gasteiger partial charge on any atom is 0.177 e. The maximum atomic E-state index is 5.48. The minimum atomic E-state index is 0.356. The number of nitrogens with zero attached hydrogens (tertiary/aromatic N) is 4. The minimum absolute atomic E-state index is 0.356. The summed E-state index contributed by atoms with van der Waals surface area (Å²) in [6.45, 7) is 6.89. The van der Waals surface area contributed by atoms with Gasteiger partial charge < -0.3 is 4.52 Å². The van der Waals surface area contributed by atoms with Crippen molar-refractivity contribution in [1.82, 2.24) is 20.0 Å². The topological polar surface area (TPSA) is 55.1 Å². The molecule has 0 fully saturated rings. The molecule has 0 atom stereocenters. The van der Waals surface area contributed by atoms with Crippen LogP contribution in [-0.4, -0.2) is 26.6 Å². The monoisotopic (exact) mass is 340 g/mol. The van der Waals surface area contributed by atoms with Gasteiger partial charge in [-0.3, -0.25) is 4.90 Å². The summed E-state index contributed by atoms with van der Waals surface area (Å²) in [5.74, 6) is 2.13. The van der Waals surface area contributed by atoms with Crippen LogP contribution in [0.1, 0.15) is 42.5 Å². The standard InChI is InChI=1S/C18H20N4OS/c1-12(2)18-19-9-13-5-6-22(11-15(13)20-18)10-14-8-16(23-21-14)17-4-3-7-24-17/h3-4,7-9,12H,5-6,10-11H2,1-2H3. The lowest BCUT2D eigenvalue weighted by Gasteiger charge is -2.27. The number of aromatic nitrogens is 3. The van der Waals surface area contributed by atoms with E-state index in [0.717, 1.165) is 53.9 Å². The van der Waals surface area contributed by atoms with E-state index < -0.39 is 0 Å². The van der Waals surface area contributed by atoms with Crippen molar-refractivity contribution in [2.75, 3.05) is 6.54 Å². The molecule has 0 unspecified atom stereocenters. The lowest BCUT2D eigenvalue weighted by atomic mass is 10.1. The average molecular weight is 340 g/mol. The van der Waals surface area contributed by atoms with Crippen LogP contribution in [0.15, 0.2) is 34.3 Å². The van der Waals surface area contributed by atoms with Gasteiger partial charge in [0.15, 0.2) is 5.76 Å². The molecule has 0 N–H and O–H groups in total. The quantitative estimate of drug-likeness (QED) is 0.721. The van der Waals surface area contributed by atoms with E-state index in [0.29, 0.717) is 5.92 Å². The smallest absolute Gasteiger partial charge is 0.177 e. The SMILES string of the molecule is CC(C)c1ncc2c(n1)CN(Cc1cc(-c3cccs3)on1)CC2. The fraction of sp³-hybridized carbons (Fsp3) is 0.389. The summed E-state index contributed by atoms with van der Waals surface area (Å²) in [7, 11) is 0. The predicted octanol–water partition coefficient (Wildman–Crippen LogP) is 3.87. The van der Waals surface area contributed by atoms with Gasteiger partial charge in [0.1, 0.15) is 5.82 Å². The summed E-state index contributed by atoms with van der Waals surface area (Å²) >= 11 is 1.67. The molecule has 0 aliphatic carbocycles. The van der Waals surface area contributed by atoms with Crippen molar-refractivity contribution in [3.8, 4) is 10.6 Å². The molecule has 0 saturated carbocycles. The zero-order valence-electron chi connectivity index (χ0n) is 13.9. The normalized spacial score (nSPS) is 15.0. The number of hydrogen-bond acceptors (Lipinski definition) is 6. The summed E-state index contributed by atoms with van der Waals surface area (Å²) in [6.07, 6.45) is 2.99. The molecule has 6 heteroatoms. The summed E-state index contributed by atoms with van der Waals surface area (Å²) < 4.78 is 5.48. The highest BCUT2D eigenvalue weighted by atomic mass is 32.1. The molecule has 5 nitrogen and oxygen atoms in total. The van der Waals surface area contributed by atoms with Crippen LogP contribution in [0.4, 0.5) is 0 Å². The first-order valence-electron chi connectivity index (χ1n) is 8.25. The first-order valence-corrected chi connectivity index (χ1v) is 9.13. The van der Waals surface area contributed by atoms with E-state index in [2.05, 4.69) is 35.0 Å². The second-order valence-corrected chi connectivity index (χ2v) is 7.42. The van der Waals surface area contributed by atoms with E-state index in [1.807, 2.05) is 23.7 Å². The molecular weight excluding hydrogens is 320 g/mol. The Morgan fingerprint density at radius 3 is 3.08 bits per heavy atom. The zero-order valence-corrected chi connectivity index (χ0v) is 14.7. The van der Waals surface area contributed by atoms with Gasteiger partial charge >= 0.3 is 0 Å². The van der Waals surface area contributed by atoms with Gasteiger partial charge in [0.05, 0.1) is 16.3 Å². The van der Waals surface area contributed by atoms with Crippen molar-refractivity contribution in [1.29, 1.82) is 0 Å². The van der Waals surface area contributed by atoms with Gasteiger partial charge in [-0.15, -0.1) is 11.3 Å². The molecule has 0 aromatic carbocycles. The third-order valence-corrected chi connectivity index (χ3v) is 5.15. The molecule has 3 aromatic heterocycles. The Labute approximate surface area is 145 Å². The number of hydrogen-bond donors (Lipinski definition) is 0. The molecule has 0 amide bonds. The van der Waals surface area contributed by atoms with Gasteiger partial charge in [0.2, 0.25) is 0 Å². The summed E-state index contributed by atoms with van der Waals surface area (Å²) in [5.41, 5.74) is 3.40. The molecule has 1 aliphatic rings. The first-order chi connectivity index (χ1) is 11.7. The van der Waals surface area contributed by atoms with Crippen LogP contribution in [0.3, 0.4) is 0 Å². The average Bonchev–Trinajstić information content (AvgIpc) is 3.25. The van der Waals surface area contributed by atoms with Crippen molar-refractivity contribution >= 4 is 11.3 Å². The van der Waals surface area contributed by atoms with E-state index >= 15 is 0 Å². The molecule has 4 heterocycles. The Balaban J connectivity index is 1.48. The van der Waals surface area contributed by atoms with Gasteiger partial charge in [-0.2, -0.15) is 0 Å². The van der Waals surface area contributed by atoms with Crippen LogP contribution < -0.4 is 0 Å². The fourth-order valence-electron chi connectivity index (χ4n) is 2.94. The molecule has 4 rings (SSSR count). The highest BCUT2D eigenvalue weighted by Gasteiger charge is 2.20. The molecule has 124 valence electrons. The molecule has 0 radical (unpaired) electrons. The van der Waals surface area contributed by atoms with Crippen molar-refractivity contribution in [2.45, 2.75) is 39.3 Å². The number of thiophene rings is 1. The van der Waals surface area contributed by atoms with Crippen LogP contribution in [0.2, 0.25) is 0 Å². The lowest BCUT2D eigenvalue weighted by Crippen LogP contribution is -2.31. The highest BCUT2D eigenvalue weighted by Crippen LogP contribution is 2.26. The summed E-state index contributed by atoms with van der Waals surface area (Å²) in [4.78, 5) is 12.7. The van der Waals surface area contributed by atoms with Crippen LogP contribution in [-0.2, 0) is 19.5 Å². The lowest BCUT2D eigenvalue weighted by molar-refractivity contribution is 0.233. The summed E-state index contributed by atoms with van der Waals surface area (Å²) in [6, 6.07) is 6.12. The molecular formula is C18H20N4OS. The predicted molar refractivity (Wildman–Crippen MR) is 93.8 cm³/mol. The molecule has 0 spiro atoms. The van der Waals surface area contributed by atoms with E-state index in [1.54, 1.807) is 11.3 Å².